The van der Waals surface area contributed by atoms with Crippen LogP contribution in [0.25, 0.3) is 16.1 Å². The predicted octanol–water partition coefficient (Wildman–Crippen LogP) is 4.47. The molecule has 2 amide bonds. The van der Waals surface area contributed by atoms with Crippen molar-refractivity contribution in [1.82, 2.24) is 15.2 Å². The first kappa shape index (κ1) is 23.6. The van der Waals surface area contributed by atoms with E-state index >= 15 is 0 Å². The van der Waals surface area contributed by atoms with Crippen molar-refractivity contribution in [2.45, 2.75) is 31.7 Å². The molecule has 1 unspecified atom stereocenters. The number of ether oxygens (including phenoxy) is 2. The lowest BCUT2D eigenvalue weighted by Crippen LogP contribution is -2.49. The Hall–Kier alpha value is -2.56. The number of urea groups is 1. The van der Waals surface area contributed by atoms with Crippen LogP contribution in [0.5, 0.6) is 5.75 Å². The van der Waals surface area contributed by atoms with Crippen LogP contribution in [0.3, 0.4) is 0 Å². The summed E-state index contributed by atoms with van der Waals surface area (Å²) in [4.78, 5) is 18.6. The third-order valence-corrected chi connectivity index (χ3v) is 6.63. The molecule has 1 aromatic carbocycles. The maximum absolute atomic E-state index is 12.6. The van der Waals surface area contributed by atoms with E-state index in [0.717, 1.165) is 41.1 Å². The van der Waals surface area contributed by atoms with E-state index in [4.69, 9.17) is 9.47 Å². The van der Waals surface area contributed by atoms with Gasteiger partial charge in [-0.05, 0) is 37.4 Å². The number of methoxy groups -OCH3 is 1. The molecule has 1 atom stereocenters. The fourth-order valence-corrected chi connectivity index (χ4v) is 4.95. The number of nitrogens with zero attached hydrogens (tertiary/aromatic N) is 2. The van der Waals surface area contributed by atoms with E-state index in [0.29, 0.717) is 32.1 Å². The molecule has 4 rings (SSSR count). The molecule has 0 saturated carbocycles. The van der Waals surface area contributed by atoms with E-state index in [-0.39, 0.29) is 18.6 Å². The van der Waals surface area contributed by atoms with Crippen molar-refractivity contribution >= 4 is 28.8 Å². The van der Waals surface area contributed by atoms with Gasteiger partial charge in [0.25, 0.3) is 6.43 Å². The third kappa shape index (κ3) is 6.27. The van der Waals surface area contributed by atoms with Crippen LogP contribution in [0, 0.1) is 0 Å². The molecule has 1 fully saturated rings. The molecule has 0 bridgehead atoms. The first-order chi connectivity index (χ1) is 16.0. The minimum absolute atomic E-state index is 0.160. The number of likely N-dealkylation sites (tertiary alicyclic amines) is 1. The molecule has 3 heterocycles. The summed E-state index contributed by atoms with van der Waals surface area (Å²) in [6, 6.07) is 5.44. The first-order valence-electron chi connectivity index (χ1n) is 11.0. The van der Waals surface area contributed by atoms with Crippen molar-refractivity contribution in [2.24, 2.45) is 0 Å². The van der Waals surface area contributed by atoms with Crippen LogP contribution in [-0.2, 0) is 4.74 Å². The molecule has 7 nitrogen and oxygen atoms in total. The average molecular weight is 479 g/mol. The highest BCUT2D eigenvalue weighted by molar-refractivity contribution is 7.13. The monoisotopic (exact) mass is 478 g/mol. The number of aromatic nitrogens is 1. The van der Waals surface area contributed by atoms with Gasteiger partial charge < -0.3 is 14.8 Å². The zero-order chi connectivity index (χ0) is 23.2. The highest BCUT2D eigenvalue weighted by Gasteiger charge is 2.23. The summed E-state index contributed by atoms with van der Waals surface area (Å²) in [7, 11) is 1.65. The smallest absolute Gasteiger partial charge is 0.320 e. The van der Waals surface area contributed by atoms with Gasteiger partial charge in [0, 0.05) is 29.1 Å². The van der Waals surface area contributed by atoms with Crippen LogP contribution in [0.2, 0.25) is 0 Å². The fraction of sp³-hybridized carbons (Fsp3) is 0.478. The van der Waals surface area contributed by atoms with Gasteiger partial charge in [-0.2, -0.15) is 0 Å². The molecule has 2 N–H and O–H groups in total. The quantitative estimate of drug-likeness (QED) is 0.614. The Morgan fingerprint density at radius 3 is 3.06 bits per heavy atom. The number of thiazole rings is 1. The maximum Gasteiger partial charge on any atom is 0.320 e. The number of amides is 2. The van der Waals surface area contributed by atoms with Crippen LogP contribution >= 0.6 is 11.3 Å². The van der Waals surface area contributed by atoms with Crippen LogP contribution in [0.1, 0.15) is 24.8 Å². The van der Waals surface area contributed by atoms with E-state index in [9.17, 15) is 13.6 Å². The molecule has 0 aliphatic carbocycles. The predicted molar refractivity (Wildman–Crippen MR) is 125 cm³/mol. The summed E-state index contributed by atoms with van der Waals surface area (Å²) in [6.45, 7) is 2.10. The standard InChI is InChI=1S/C23H28F2N4O3S/c1-31-19-11-16(4-5-18(19)15-6-9-32-10-7-15)22-27-21(14-33-22)28-23(30)26-17-3-2-8-29(12-17)13-20(24)25/h4-6,11,14,17,20H,2-3,7-10,12-13H2,1H3,(H2,26,28,30). The number of carbonyl (C=O) groups excluding carboxylic acids is 1. The lowest BCUT2D eigenvalue weighted by Gasteiger charge is -2.32. The summed E-state index contributed by atoms with van der Waals surface area (Å²) >= 11 is 1.42. The Bertz CT molecular complexity index is 998. The lowest BCUT2D eigenvalue weighted by atomic mass is 9.99. The van der Waals surface area contributed by atoms with Crippen molar-refractivity contribution in [2.75, 3.05) is 45.3 Å². The highest BCUT2D eigenvalue weighted by Crippen LogP contribution is 2.35. The average Bonchev–Trinajstić information content (AvgIpc) is 3.27. The summed E-state index contributed by atoms with van der Waals surface area (Å²) < 4.78 is 36.3. The zero-order valence-electron chi connectivity index (χ0n) is 18.5. The SMILES string of the molecule is COc1cc(-c2nc(NC(=O)NC3CCCN(CC(F)F)C3)cs2)ccc1C1=CCOCC1. The van der Waals surface area contributed by atoms with E-state index < -0.39 is 6.43 Å². The molecule has 10 heteroatoms. The number of rotatable bonds is 7. The number of carbonyl (C=O) groups is 1. The molecular weight excluding hydrogens is 450 g/mol. The van der Waals surface area contributed by atoms with Crippen LogP contribution in [-0.4, -0.2) is 68.3 Å². The highest BCUT2D eigenvalue weighted by atomic mass is 32.1. The molecule has 33 heavy (non-hydrogen) atoms. The lowest BCUT2D eigenvalue weighted by molar-refractivity contribution is 0.0719. The molecule has 1 saturated heterocycles. The number of anilines is 1. The molecule has 1 aromatic heterocycles. The molecule has 0 spiro atoms. The topological polar surface area (TPSA) is 75.7 Å². The van der Waals surface area contributed by atoms with Gasteiger partial charge in [-0.15, -0.1) is 11.3 Å². The molecule has 2 aromatic rings. The number of halogens is 2. The maximum atomic E-state index is 12.6. The Morgan fingerprint density at radius 2 is 2.30 bits per heavy atom. The van der Waals surface area contributed by atoms with Gasteiger partial charge >= 0.3 is 6.03 Å². The molecule has 178 valence electrons. The van der Waals surface area contributed by atoms with Crippen LogP contribution < -0.4 is 15.4 Å². The molecular formula is C23H28F2N4O3S. The van der Waals surface area contributed by atoms with Gasteiger partial charge in [-0.1, -0.05) is 18.2 Å². The largest absolute Gasteiger partial charge is 0.496 e. The van der Waals surface area contributed by atoms with Crippen LogP contribution in [0.4, 0.5) is 19.4 Å². The Labute approximate surface area is 195 Å². The Balaban J connectivity index is 1.37. The second-order valence-electron chi connectivity index (χ2n) is 8.10. The minimum atomic E-state index is -2.37. The van der Waals surface area contributed by atoms with Crippen molar-refractivity contribution in [3.8, 4) is 16.3 Å². The van der Waals surface area contributed by atoms with Gasteiger partial charge in [-0.25, -0.2) is 18.6 Å². The molecule has 0 radical (unpaired) electrons. The molecule has 2 aliphatic heterocycles. The first-order valence-corrected chi connectivity index (χ1v) is 11.9. The summed E-state index contributed by atoms with van der Waals surface area (Å²) in [6.07, 6.45) is 2.10. The number of hydrogen-bond acceptors (Lipinski definition) is 6. The van der Waals surface area contributed by atoms with Gasteiger partial charge in [0.1, 0.15) is 16.6 Å². The molecule has 2 aliphatic rings. The van der Waals surface area contributed by atoms with Gasteiger partial charge in [0.15, 0.2) is 0 Å². The van der Waals surface area contributed by atoms with E-state index in [1.807, 2.05) is 18.2 Å². The second kappa shape index (κ2) is 11.0. The number of benzene rings is 1. The van der Waals surface area contributed by atoms with Gasteiger partial charge in [0.2, 0.25) is 0 Å². The van der Waals surface area contributed by atoms with Crippen molar-refractivity contribution in [3.63, 3.8) is 0 Å². The van der Waals surface area contributed by atoms with Crippen molar-refractivity contribution in [3.05, 3.63) is 35.2 Å². The van der Waals surface area contributed by atoms with Crippen molar-refractivity contribution < 1.29 is 23.0 Å². The summed E-state index contributed by atoms with van der Waals surface area (Å²) in [5.74, 6) is 1.22. The normalized spacial score (nSPS) is 19.3. The van der Waals surface area contributed by atoms with Crippen molar-refractivity contribution in [1.29, 1.82) is 0 Å². The third-order valence-electron chi connectivity index (χ3n) is 5.74. The van der Waals surface area contributed by atoms with E-state index in [1.54, 1.807) is 17.4 Å². The van der Waals surface area contributed by atoms with Crippen LogP contribution in [0.15, 0.2) is 29.7 Å². The summed E-state index contributed by atoms with van der Waals surface area (Å²) in [5.41, 5.74) is 3.15. The number of piperidine rings is 1. The minimum Gasteiger partial charge on any atom is -0.496 e. The Morgan fingerprint density at radius 1 is 1.42 bits per heavy atom. The van der Waals surface area contributed by atoms with Gasteiger partial charge in [-0.3, -0.25) is 10.2 Å². The van der Waals surface area contributed by atoms with Gasteiger partial charge in [0.05, 0.1) is 26.9 Å². The fourth-order valence-electron chi connectivity index (χ4n) is 4.20. The second-order valence-corrected chi connectivity index (χ2v) is 8.95. The number of nitrogens with one attached hydrogen (secondary N) is 2. The Kier molecular flexibility index (Phi) is 7.89. The van der Waals surface area contributed by atoms with E-state index in [1.165, 1.54) is 16.9 Å². The van der Waals surface area contributed by atoms with E-state index in [2.05, 4.69) is 21.7 Å². The number of hydrogen-bond donors (Lipinski definition) is 2. The summed E-state index contributed by atoms with van der Waals surface area (Å²) in [5, 5.41) is 8.17. The number of alkyl halides is 2. The zero-order valence-corrected chi connectivity index (χ0v) is 19.3.